The molecule has 1 aliphatic heterocycles. The zero-order chi connectivity index (χ0) is 22.9. The number of fused-ring (bicyclic) bond motifs is 1. The van der Waals surface area contributed by atoms with Crippen molar-refractivity contribution in [2.75, 3.05) is 26.2 Å². The van der Waals surface area contributed by atoms with E-state index in [1.165, 1.54) is 0 Å². The van der Waals surface area contributed by atoms with Crippen LogP contribution in [0.1, 0.15) is 24.4 Å². The minimum atomic E-state index is -4.61. The number of imidazole rings is 1. The summed E-state index contributed by atoms with van der Waals surface area (Å²) in [6.07, 6.45) is -3.13. The minimum Gasteiger partial charge on any atom is -0.306 e. The molecule has 0 spiro atoms. The Morgan fingerprint density at radius 3 is 2.50 bits per heavy atom. The SMILES string of the molecule is O=c1[nH]c2ccccc2n1C1CCN(CCNS(=O)(=O)c2cccc(C(F)(F)F)c2)CC1. The van der Waals surface area contributed by atoms with Gasteiger partial charge in [0.15, 0.2) is 0 Å². The second kappa shape index (κ2) is 8.72. The minimum absolute atomic E-state index is 0.0525. The third-order valence-corrected chi connectivity index (χ3v) is 7.20. The van der Waals surface area contributed by atoms with Gasteiger partial charge in [0, 0.05) is 32.2 Å². The number of piperidine rings is 1. The fraction of sp³-hybridized carbons (Fsp3) is 0.381. The number of nitrogens with one attached hydrogen (secondary N) is 2. The van der Waals surface area contributed by atoms with Crippen LogP contribution in [0, 0.1) is 0 Å². The number of halogens is 3. The number of hydrogen-bond donors (Lipinski definition) is 2. The number of H-pyrrole nitrogens is 1. The van der Waals surface area contributed by atoms with E-state index in [4.69, 9.17) is 0 Å². The number of likely N-dealkylation sites (tertiary alicyclic amines) is 1. The van der Waals surface area contributed by atoms with Gasteiger partial charge < -0.3 is 9.88 Å². The number of hydrogen-bond acceptors (Lipinski definition) is 4. The van der Waals surface area contributed by atoms with E-state index in [1.54, 1.807) is 4.57 Å². The third-order valence-electron chi connectivity index (χ3n) is 5.74. The normalized spacial score (nSPS) is 16.6. The first kappa shape index (κ1) is 22.6. The fourth-order valence-electron chi connectivity index (χ4n) is 4.10. The van der Waals surface area contributed by atoms with Gasteiger partial charge >= 0.3 is 11.9 Å². The highest BCUT2D eigenvalue weighted by molar-refractivity contribution is 7.89. The summed E-state index contributed by atoms with van der Waals surface area (Å²) in [4.78, 5) is 16.9. The van der Waals surface area contributed by atoms with E-state index >= 15 is 0 Å². The summed E-state index contributed by atoms with van der Waals surface area (Å²) < 4.78 is 67.5. The Morgan fingerprint density at radius 1 is 1.06 bits per heavy atom. The van der Waals surface area contributed by atoms with Gasteiger partial charge in [-0.2, -0.15) is 13.2 Å². The van der Waals surface area contributed by atoms with Crippen molar-refractivity contribution in [1.29, 1.82) is 0 Å². The first-order valence-electron chi connectivity index (χ1n) is 10.2. The Labute approximate surface area is 182 Å². The summed E-state index contributed by atoms with van der Waals surface area (Å²) >= 11 is 0. The summed E-state index contributed by atoms with van der Waals surface area (Å²) in [6.45, 7) is 1.87. The Balaban J connectivity index is 1.33. The van der Waals surface area contributed by atoms with Crippen molar-refractivity contribution in [3.63, 3.8) is 0 Å². The highest BCUT2D eigenvalue weighted by Crippen LogP contribution is 2.30. The number of aromatic nitrogens is 2. The van der Waals surface area contributed by atoms with Crippen molar-refractivity contribution in [2.24, 2.45) is 0 Å². The van der Waals surface area contributed by atoms with E-state index in [0.717, 1.165) is 42.1 Å². The maximum atomic E-state index is 12.9. The van der Waals surface area contributed by atoms with Gasteiger partial charge in [-0.25, -0.2) is 17.9 Å². The molecule has 2 aromatic carbocycles. The van der Waals surface area contributed by atoms with E-state index in [1.807, 2.05) is 24.3 Å². The lowest BCUT2D eigenvalue weighted by Gasteiger charge is -2.32. The smallest absolute Gasteiger partial charge is 0.306 e. The van der Waals surface area contributed by atoms with Crippen LogP contribution in [0.15, 0.2) is 58.2 Å². The Kier molecular flexibility index (Phi) is 6.15. The van der Waals surface area contributed by atoms with Crippen LogP contribution in [0.2, 0.25) is 0 Å². The lowest BCUT2D eigenvalue weighted by Crippen LogP contribution is -2.41. The van der Waals surface area contributed by atoms with Crippen LogP contribution in [0.25, 0.3) is 11.0 Å². The molecule has 0 amide bonds. The molecule has 2 heterocycles. The number of rotatable bonds is 6. The van der Waals surface area contributed by atoms with Crippen molar-refractivity contribution < 1.29 is 21.6 Å². The molecule has 0 saturated carbocycles. The predicted molar refractivity (Wildman–Crippen MR) is 114 cm³/mol. The van der Waals surface area contributed by atoms with Crippen LogP contribution in [0.3, 0.4) is 0 Å². The Morgan fingerprint density at radius 2 is 1.78 bits per heavy atom. The van der Waals surface area contributed by atoms with Gasteiger partial charge in [0.1, 0.15) is 0 Å². The molecule has 0 radical (unpaired) electrons. The molecule has 1 aliphatic rings. The van der Waals surface area contributed by atoms with Gasteiger partial charge in [-0.1, -0.05) is 18.2 Å². The zero-order valence-corrected chi connectivity index (χ0v) is 17.9. The van der Waals surface area contributed by atoms with E-state index in [2.05, 4.69) is 14.6 Å². The number of benzene rings is 2. The molecular formula is C21H23F3N4O3S. The van der Waals surface area contributed by atoms with E-state index < -0.39 is 26.7 Å². The van der Waals surface area contributed by atoms with Gasteiger partial charge in [-0.05, 0) is 43.2 Å². The number of para-hydroxylation sites is 2. The molecule has 1 fully saturated rings. The molecule has 32 heavy (non-hydrogen) atoms. The highest BCUT2D eigenvalue weighted by Gasteiger charge is 2.31. The maximum Gasteiger partial charge on any atom is 0.416 e. The molecule has 2 N–H and O–H groups in total. The second-order valence-corrected chi connectivity index (χ2v) is 9.58. The van der Waals surface area contributed by atoms with E-state index in [9.17, 15) is 26.4 Å². The van der Waals surface area contributed by atoms with Crippen molar-refractivity contribution in [2.45, 2.75) is 30.0 Å². The van der Waals surface area contributed by atoms with E-state index in [-0.39, 0.29) is 18.3 Å². The first-order chi connectivity index (χ1) is 15.1. The van der Waals surface area contributed by atoms with Crippen molar-refractivity contribution in [3.8, 4) is 0 Å². The molecule has 4 rings (SSSR count). The lowest BCUT2D eigenvalue weighted by atomic mass is 10.0. The maximum absolute atomic E-state index is 12.9. The van der Waals surface area contributed by atoms with Crippen molar-refractivity contribution in [1.82, 2.24) is 19.2 Å². The fourth-order valence-corrected chi connectivity index (χ4v) is 5.17. The van der Waals surface area contributed by atoms with Gasteiger partial charge in [0.2, 0.25) is 10.0 Å². The van der Waals surface area contributed by atoms with Gasteiger partial charge in [-0.15, -0.1) is 0 Å². The molecule has 0 atom stereocenters. The zero-order valence-electron chi connectivity index (χ0n) is 17.1. The Hall–Kier alpha value is -2.63. The molecular weight excluding hydrogens is 445 g/mol. The molecule has 172 valence electrons. The number of nitrogens with zero attached hydrogens (tertiary/aromatic N) is 2. The van der Waals surface area contributed by atoms with Crippen LogP contribution in [0.4, 0.5) is 13.2 Å². The average Bonchev–Trinajstić information content (AvgIpc) is 3.09. The van der Waals surface area contributed by atoms with Crippen LogP contribution in [-0.4, -0.2) is 49.0 Å². The molecule has 11 heteroatoms. The van der Waals surface area contributed by atoms with Crippen LogP contribution in [-0.2, 0) is 16.2 Å². The lowest BCUT2D eigenvalue weighted by molar-refractivity contribution is -0.137. The van der Waals surface area contributed by atoms with Crippen LogP contribution >= 0.6 is 0 Å². The number of sulfonamides is 1. The number of aromatic amines is 1. The van der Waals surface area contributed by atoms with Gasteiger partial charge in [-0.3, -0.25) is 4.57 Å². The van der Waals surface area contributed by atoms with Crippen molar-refractivity contribution in [3.05, 3.63) is 64.6 Å². The Bertz CT molecular complexity index is 1260. The quantitative estimate of drug-likeness (QED) is 0.583. The second-order valence-electron chi connectivity index (χ2n) is 7.81. The average molecular weight is 469 g/mol. The number of alkyl halides is 3. The molecule has 1 aromatic heterocycles. The third kappa shape index (κ3) is 4.74. The molecule has 0 aliphatic carbocycles. The monoisotopic (exact) mass is 468 g/mol. The standard InChI is InChI=1S/C21H23F3N4O3S/c22-21(23,24)15-4-3-5-17(14-15)32(30,31)25-10-13-27-11-8-16(9-12-27)28-19-7-2-1-6-18(19)26-20(28)29/h1-7,14,16,25H,8-13H2,(H,26,29). The topological polar surface area (TPSA) is 87.2 Å². The van der Waals surface area contributed by atoms with Crippen LogP contribution < -0.4 is 10.4 Å². The summed E-state index contributed by atoms with van der Waals surface area (Å²) in [5.74, 6) is 0. The van der Waals surface area contributed by atoms with Gasteiger partial charge in [0.05, 0.1) is 21.5 Å². The van der Waals surface area contributed by atoms with Gasteiger partial charge in [0.25, 0.3) is 0 Å². The van der Waals surface area contributed by atoms with Crippen molar-refractivity contribution >= 4 is 21.1 Å². The highest BCUT2D eigenvalue weighted by atomic mass is 32.2. The summed E-state index contributed by atoms with van der Waals surface area (Å²) in [5.41, 5.74) is 0.516. The molecule has 0 bridgehead atoms. The summed E-state index contributed by atoms with van der Waals surface area (Å²) in [6, 6.07) is 11.3. The predicted octanol–water partition coefficient (Wildman–Crippen LogP) is 2.96. The first-order valence-corrected chi connectivity index (χ1v) is 11.7. The van der Waals surface area contributed by atoms with E-state index in [0.29, 0.717) is 25.7 Å². The summed E-state index contributed by atoms with van der Waals surface area (Å²) in [5, 5.41) is 0. The van der Waals surface area contributed by atoms with Crippen LogP contribution in [0.5, 0.6) is 0 Å². The largest absolute Gasteiger partial charge is 0.416 e. The molecule has 1 saturated heterocycles. The molecule has 0 unspecified atom stereocenters. The molecule has 7 nitrogen and oxygen atoms in total. The summed E-state index contributed by atoms with van der Waals surface area (Å²) in [7, 11) is -4.05. The molecule has 3 aromatic rings.